The van der Waals surface area contributed by atoms with Crippen LogP contribution < -0.4 is 10.6 Å². The fourth-order valence-corrected chi connectivity index (χ4v) is 3.10. The molecule has 3 heterocycles. The van der Waals surface area contributed by atoms with Crippen molar-refractivity contribution in [2.45, 2.75) is 6.54 Å². The number of hydrogen-bond acceptors (Lipinski definition) is 8. The minimum Gasteiger partial charge on any atom is -0.365 e. The number of amides is 1. The molecular weight excluding hydrogens is 320 g/mol. The predicted molar refractivity (Wildman–Crippen MR) is 86.0 cm³/mol. The molecule has 0 aliphatic carbocycles. The fraction of sp³-hybridized carbons (Fsp3) is 0.154. The Bertz CT molecular complexity index is 770. The Labute approximate surface area is 134 Å². The van der Waals surface area contributed by atoms with Crippen molar-refractivity contribution in [2.24, 2.45) is 0 Å². The van der Waals surface area contributed by atoms with Crippen molar-refractivity contribution < 1.29 is 4.79 Å². The van der Waals surface area contributed by atoms with Gasteiger partial charge in [-0.25, -0.2) is 9.97 Å². The monoisotopic (exact) mass is 332 g/mol. The van der Waals surface area contributed by atoms with Gasteiger partial charge in [-0.1, -0.05) is 0 Å². The molecule has 0 atom stereocenters. The molecule has 0 spiro atoms. The van der Waals surface area contributed by atoms with Gasteiger partial charge in [-0.2, -0.15) is 0 Å². The lowest BCUT2D eigenvalue weighted by molar-refractivity contribution is 0.0946. The summed E-state index contributed by atoms with van der Waals surface area (Å²) in [6.07, 6.45) is 4.90. The van der Waals surface area contributed by atoms with E-state index in [0.29, 0.717) is 17.4 Å². The van der Waals surface area contributed by atoms with Gasteiger partial charge in [0.05, 0.1) is 18.4 Å². The molecule has 3 aromatic rings. The zero-order valence-corrected chi connectivity index (χ0v) is 13.2. The van der Waals surface area contributed by atoms with Gasteiger partial charge >= 0.3 is 0 Å². The molecule has 0 fully saturated rings. The molecule has 112 valence electrons. The number of nitrogens with zero attached hydrogens (tertiary/aromatic N) is 4. The van der Waals surface area contributed by atoms with Crippen molar-refractivity contribution in [1.29, 1.82) is 0 Å². The van der Waals surface area contributed by atoms with Gasteiger partial charge in [0.25, 0.3) is 5.91 Å². The summed E-state index contributed by atoms with van der Waals surface area (Å²) in [5, 5.41) is 10.8. The molecule has 0 unspecified atom stereocenters. The lowest BCUT2D eigenvalue weighted by Gasteiger charge is -2.00. The van der Waals surface area contributed by atoms with E-state index in [9.17, 15) is 4.79 Å². The third kappa shape index (κ3) is 3.26. The summed E-state index contributed by atoms with van der Waals surface area (Å²) in [5.74, 6) is -0.216. The molecule has 3 rings (SSSR count). The van der Waals surface area contributed by atoms with Crippen LogP contribution in [0.15, 0.2) is 29.4 Å². The maximum absolute atomic E-state index is 12.0. The van der Waals surface area contributed by atoms with E-state index in [1.807, 2.05) is 5.38 Å². The lowest BCUT2D eigenvalue weighted by Crippen LogP contribution is -2.23. The normalized spacial score (nSPS) is 10.4. The van der Waals surface area contributed by atoms with Crippen molar-refractivity contribution in [2.75, 3.05) is 12.4 Å². The minimum atomic E-state index is -0.216. The van der Waals surface area contributed by atoms with Crippen LogP contribution >= 0.6 is 22.7 Å². The topological polar surface area (TPSA) is 92.7 Å². The first-order chi connectivity index (χ1) is 10.8. The number of nitrogens with one attached hydrogen (secondary N) is 2. The Morgan fingerprint density at radius 1 is 1.23 bits per heavy atom. The quantitative estimate of drug-likeness (QED) is 0.742. The molecule has 7 nitrogen and oxygen atoms in total. The molecule has 0 saturated carbocycles. The van der Waals surface area contributed by atoms with Gasteiger partial charge in [0.1, 0.15) is 16.4 Å². The zero-order valence-electron chi connectivity index (χ0n) is 11.6. The second-order valence-corrected chi connectivity index (χ2v) is 5.92. The van der Waals surface area contributed by atoms with Crippen molar-refractivity contribution in [3.05, 3.63) is 40.7 Å². The Morgan fingerprint density at radius 3 is 2.86 bits per heavy atom. The van der Waals surface area contributed by atoms with Crippen LogP contribution in [0.5, 0.6) is 0 Å². The average molecular weight is 332 g/mol. The molecule has 0 radical (unpaired) electrons. The van der Waals surface area contributed by atoms with Gasteiger partial charge in [0, 0.05) is 30.2 Å². The highest BCUT2D eigenvalue weighted by Gasteiger charge is 2.11. The molecule has 0 saturated heterocycles. The molecule has 2 N–H and O–H groups in total. The van der Waals surface area contributed by atoms with E-state index in [-0.39, 0.29) is 5.91 Å². The summed E-state index contributed by atoms with van der Waals surface area (Å²) in [7, 11) is 1.77. The number of aromatic nitrogens is 4. The third-order valence-electron chi connectivity index (χ3n) is 2.71. The molecule has 0 aliphatic rings. The fourth-order valence-electron chi connectivity index (χ4n) is 1.67. The highest BCUT2D eigenvalue weighted by molar-refractivity contribution is 7.14. The van der Waals surface area contributed by atoms with E-state index < -0.39 is 0 Å². The van der Waals surface area contributed by atoms with Crippen LogP contribution in [-0.2, 0) is 6.54 Å². The Morgan fingerprint density at radius 2 is 2.14 bits per heavy atom. The first-order valence-electron chi connectivity index (χ1n) is 6.38. The highest BCUT2D eigenvalue weighted by Crippen LogP contribution is 2.20. The van der Waals surface area contributed by atoms with Crippen LogP contribution in [-0.4, -0.2) is 32.9 Å². The molecule has 3 aromatic heterocycles. The van der Waals surface area contributed by atoms with Gasteiger partial charge in [0.2, 0.25) is 0 Å². The third-order valence-corrected chi connectivity index (χ3v) is 4.49. The van der Waals surface area contributed by atoms with E-state index >= 15 is 0 Å². The van der Waals surface area contributed by atoms with Crippen LogP contribution in [0.25, 0.3) is 10.7 Å². The number of anilines is 1. The van der Waals surface area contributed by atoms with Crippen LogP contribution in [0.3, 0.4) is 0 Å². The molecule has 9 heteroatoms. The Kier molecular flexibility index (Phi) is 4.35. The highest BCUT2D eigenvalue weighted by atomic mass is 32.1. The molecule has 22 heavy (non-hydrogen) atoms. The van der Waals surface area contributed by atoms with Gasteiger partial charge in [-0.05, 0) is 0 Å². The van der Waals surface area contributed by atoms with Crippen molar-refractivity contribution >= 4 is 33.7 Å². The Balaban J connectivity index is 1.62. The Hall–Kier alpha value is -2.39. The number of hydrogen-bond donors (Lipinski definition) is 2. The second kappa shape index (κ2) is 6.58. The standard InChI is InChI=1S/C13H12N6OS2/c1-14-13-19-10(7-22-13)11(20)17-4-8-6-21-12(18-8)9-5-15-2-3-16-9/h2-3,5-7H,4H2,1H3,(H,14,19)(H,17,20). The molecular formula is C13H12N6OS2. The SMILES string of the molecule is CNc1nc(C(=O)NCc2csc(-c3cnccn3)n2)cs1. The van der Waals surface area contributed by atoms with Gasteiger partial charge in [0.15, 0.2) is 5.13 Å². The number of thiazole rings is 2. The number of carbonyl (C=O) groups excluding carboxylic acids is 1. The van der Waals surface area contributed by atoms with Crippen molar-refractivity contribution in [3.8, 4) is 10.7 Å². The van der Waals surface area contributed by atoms with Gasteiger partial charge in [-0.3, -0.25) is 14.8 Å². The summed E-state index contributed by atoms with van der Waals surface area (Å²) in [6.45, 7) is 0.349. The van der Waals surface area contributed by atoms with Gasteiger partial charge < -0.3 is 10.6 Å². The van der Waals surface area contributed by atoms with Crippen molar-refractivity contribution in [1.82, 2.24) is 25.3 Å². The van der Waals surface area contributed by atoms with E-state index in [1.54, 1.807) is 31.0 Å². The van der Waals surface area contributed by atoms with Crippen LogP contribution in [0.2, 0.25) is 0 Å². The van der Waals surface area contributed by atoms with E-state index in [4.69, 9.17) is 0 Å². The molecule has 0 aromatic carbocycles. The molecule has 0 aliphatic heterocycles. The maximum atomic E-state index is 12.0. The van der Waals surface area contributed by atoms with Gasteiger partial charge in [-0.15, -0.1) is 22.7 Å². The lowest BCUT2D eigenvalue weighted by atomic mass is 10.4. The van der Waals surface area contributed by atoms with Crippen LogP contribution in [0.1, 0.15) is 16.2 Å². The summed E-state index contributed by atoms with van der Waals surface area (Å²) < 4.78 is 0. The van der Waals surface area contributed by atoms with Crippen LogP contribution in [0.4, 0.5) is 5.13 Å². The van der Waals surface area contributed by atoms with Crippen molar-refractivity contribution in [3.63, 3.8) is 0 Å². The first-order valence-corrected chi connectivity index (χ1v) is 8.14. The van der Waals surface area contributed by atoms with E-state index in [1.165, 1.54) is 22.7 Å². The maximum Gasteiger partial charge on any atom is 0.271 e. The van der Waals surface area contributed by atoms with Crippen LogP contribution in [0, 0.1) is 0 Å². The molecule has 1 amide bonds. The largest absolute Gasteiger partial charge is 0.365 e. The number of carbonyl (C=O) groups is 1. The smallest absolute Gasteiger partial charge is 0.271 e. The molecule has 0 bridgehead atoms. The first kappa shape index (κ1) is 14.5. The second-order valence-electron chi connectivity index (χ2n) is 4.21. The van der Waals surface area contributed by atoms with E-state index in [2.05, 4.69) is 30.6 Å². The summed E-state index contributed by atoms with van der Waals surface area (Å²) in [6, 6.07) is 0. The average Bonchev–Trinajstić information content (AvgIpc) is 3.22. The number of rotatable bonds is 5. The zero-order chi connectivity index (χ0) is 15.4. The predicted octanol–water partition coefficient (Wildman–Crippen LogP) is 2.03. The van der Waals surface area contributed by atoms with E-state index in [0.717, 1.165) is 16.4 Å². The summed E-state index contributed by atoms with van der Waals surface area (Å²) in [4.78, 5) is 28.8. The summed E-state index contributed by atoms with van der Waals surface area (Å²) >= 11 is 2.86. The summed E-state index contributed by atoms with van der Waals surface area (Å²) in [5.41, 5.74) is 1.91. The minimum absolute atomic E-state index is 0.216.